The second kappa shape index (κ2) is 4.12. The summed E-state index contributed by atoms with van der Waals surface area (Å²) in [5, 5.41) is 26.9. The first kappa shape index (κ1) is 13.7. The van der Waals surface area contributed by atoms with E-state index in [1.54, 1.807) is 5.48 Å². The number of hydrogen-bond acceptors (Lipinski definition) is 7. The topological polar surface area (TPSA) is 117 Å². The number of rotatable bonds is 3. The van der Waals surface area contributed by atoms with E-state index in [0.717, 1.165) is 10.8 Å². The third kappa shape index (κ3) is 1.38. The van der Waals surface area contributed by atoms with Gasteiger partial charge in [0, 0.05) is 6.20 Å². The lowest BCUT2D eigenvalue weighted by Crippen LogP contribution is -2.37. The molecule has 8 nitrogen and oxygen atoms in total. The third-order valence-electron chi connectivity index (χ3n) is 3.85. The van der Waals surface area contributed by atoms with Gasteiger partial charge in [-0.05, 0) is 6.07 Å². The van der Waals surface area contributed by atoms with Gasteiger partial charge in [-0.25, -0.2) is 9.18 Å². The number of nitrogens with zero attached hydrogens (tertiary/aromatic N) is 2. The molecule has 20 heavy (non-hydrogen) atoms. The van der Waals surface area contributed by atoms with Crippen molar-refractivity contribution in [2.75, 3.05) is 12.1 Å². The molecule has 1 aliphatic heterocycles. The normalized spacial score (nSPS) is 42.4. The number of alkyl halides is 2. The van der Waals surface area contributed by atoms with Crippen LogP contribution < -0.4 is 11.2 Å². The Labute approximate surface area is 116 Å². The highest BCUT2D eigenvalue weighted by Crippen LogP contribution is 2.65. The fourth-order valence-corrected chi connectivity index (χ4v) is 3.14. The van der Waals surface area contributed by atoms with Gasteiger partial charge in [0.15, 0.2) is 23.8 Å². The van der Waals surface area contributed by atoms with E-state index in [1.807, 2.05) is 0 Å². The monoisotopic (exact) mass is 307 g/mol. The summed E-state index contributed by atoms with van der Waals surface area (Å²) >= 11 is 5.77. The largest absolute Gasteiger partial charge is 0.393 e. The van der Waals surface area contributed by atoms with Crippen molar-refractivity contribution < 1.29 is 24.5 Å². The van der Waals surface area contributed by atoms with Crippen molar-refractivity contribution in [1.82, 2.24) is 9.55 Å². The first-order chi connectivity index (χ1) is 9.42. The first-order valence-electron chi connectivity index (χ1n) is 5.71. The van der Waals surface area contributed by atoms with Gasteiger partial charge in [-0.3, -0.25) is 15.3 Å². The van der Waals surface area contributed by atoms with Gasteiger partial charge in [-0.15, -0.1) is 11.6 Å². The van der Waals surface area contributed by atoms with Crippen LogP contribution in [-0.4, -0.2) is 54.3 Å². The summed E-state index contributed by atoms with van der Waals surface area (Å²) < 4.78 is 20.4. The lowest BCUT2D eigenvalue weighted by Gasteiger charge is -2.21. The number of aromatic nitrogens is 2. The summed E-state index contributed by atoms with van der Waals surface area (Å²) in [4.78, 5) is 15.1. The van der Waals surface area contributed by atoms with Gasteiger partial charge in [0.1, 0.15) is 11.0 Å². The number of anilines is 1. The summed E-state index contributed by atoms with van der Waals surface area (Å²) in [6.07, 6.45) is -2.30. The standard InChI is InChI=1S/C10H11ClFN3O5/c11-7-9(3-16)10(7,18)5(12)6(20-9)15-2-1-4(14-19)13-8(15)17/h1-2,5-7,16,18-19H,3H2,(H,13,14,17)/t5-,6+,7?,9-,10+/m0/s1. The highest BCUT2D eigenvalue weighted by molar-refractivity contribution is 6.25. The van der Waals surface area contributed by atoms with Crippen LogP contribution in [0.2, 0.25) is 0 Å². The van der Waals surface area contributed by atoms with Crippen LogP contribution in [0, 0.1) is 0 Å². The van der Waals surface area contributed by atoms with Gasteiger partial charge in [0.2, 0.25) is 0 Å². The molecule has 10 heteroatoms. The predicted octanol–water partition coefficient (Wildman–Crippen LogP) is -1.01. The van der Waals surface area contributed by atoms with Crippen LogP contribution in [-0.2, 0) is 4.74 Å². The number of hydrogen-bond donors (Lipinski definition) is 4. The molecule has 1 saturated heterocycles. The molecule has 1 aromatic heterocycles. The van der Waals surface area contributed by atoms with Gasteiger partial charge in [-0.2, -0.15) is 4.98 Å². The Morgan fingerprint density at radius 2 is 2.35 bits per heavy atom. The van der Waals surface area contributed by atoms with Crippen molar-refractivity contribution in [3.8, 4) is 0 Å². The number of aliphatic hydroxyl groups excluding tert-OH is 1. The average molecular weight is 308 g/mol. The number of halogens is 2. The number of aliphatic hydroxyl groups is 2. The molecule has 1 unspecified atom stereocenters. The zero-order valence-electron chi connectivity index (χ0n) is 9.90. The fourth-order valence-electron chi connectivity index (χ4n) is 2.60. The van der Waals surface area contributed by atoms with Gasteiger partial charge in [-0.1, -0.05) is 0 Å². The molecule has 0 radical (unpaired) electrons. The van der Waals surface area contributed by atoms with Crippen LogP contribution in [0.5, 0.6) is 0 Å². The van der Waals surface area contributed by atoms with E-state index in [-0.39, 0.29) is 5.82 Å². The maximum absolute atomic E-state index is 14.3. The molecule has 2 aliphatic rings. The quantitative estimate of drug-likeness (QED) is 0.418. The van der Waals surface area contributed by atoms with Crippen LogP contribution in [0.25, 0.3) is 0 Å². The molecule has 0 bridgehead atoms. The molecule has 110 valence electrons. The fraction of sp³-hybridized carbons (Fsp3) is 0.600. The highest BCUT2D eigenvalue weighted by atomic mass is 35.5. The van der Waals surface area contributed by atoms with Crippen molar-refractivity contribution in [2.45, 2.75) is 29.0 Å². The number of ether oxygens (including phenoxy) is 1. The SMILES string of the molecule is O=c1nc(NO)ccn1[C@@H]1O[C@@]2(CO)C(Cl)[C@]2(O)[C@H]1F. The Kier molecular flexibility index (Phi) is 2.82. The number of fused-ring (bicyclic) bond motifs is 1. The lowest BCUT2D eigenvalue weighted by atomic mass is 10.1. The molecule has 0 spiro atoms. The summed E-state index contributed by atoms with van der Waals surface area (Å²) in [5.74, 6) is -0.115. The van der Waals surface area contributed by atoms with Gasteiger partial charge in [0.25, 0.3) is 0 Å². The van der Waals surface area contributed by atoms with Crippen molar-refractivity contribution in [2.24, 2.45) is 0 Å². The molecule has 4 N–H and O–H groups in total. The summed E-state index contributed by atoms with van der Waals surface area (Å²) in [5.41, 5.74) is -2.87. The molecule has 2 fully saturated rings. The summed E-state index contributed by atoms with van der Waals surface area (Å²) in [7, 11) is 0. The maximum Gasteiger partial charge on any atom is 0.351 e. The Bertz CT molecular complexity index is 611. The maximum atomic E-state index is 14.3. The van der Waals surface area contributed by atoms with Crippen LogP contribution in [0.3, 0.4) is 0 Å². The molecule has 1 saturated carbocycles. The predicted molar refractivity (Wildman–Crippen MR) is 63.3 cm³/mol. The van der Waals surface area contributed by atoms with Gasteiger partial charge in [0.05, 0.1) is 6.61 Å². The van der Waals surface area contributed by atoms with E-state index in [0.29, 0.717) is 0 Å². The van der Waals surface area contributed by atoms with Crippen molar-refractivity contribution in [1.29, 1.82) is 0 Å². The summed E-state index contributed by atoms with van der Waals surface area (Å²) in [6, 6.07) is 1.22. The van der Waals surface area contributed by atoms with Crippen molar-refractivity contribution >= 4 is 17.4 Å². The van der Waals surface area contributed by atoms with E-state index in [4.69, 9.17) is 21.5 Å². The van der Waals surface area contributed by atoms with E-state index in [9.17, 15) is 19.4 Å². The minimum absolute atomic E-state index is 0.115. The molecular formula is C10H11ClFN3O5. The Balaban J connectivity index is 1.97. The van der Waals surface area contributed by atoms with E-state index >= 15 is 0 Å². The summed E-state index contributed by atoms with van der Waals surface area (Å²) in [6.45, 7) is -0.674. The minimum atomic E-state index is -2.04. The third-order valence-corrected chi connectivity index (χ3v) is 4.53. The second-order valence-corrected chi connectivity index (χ2v) is 5.20. The van der Waals surface area contributed by atoms with Crippen molar-refractivity contribution in [3.05, 3.63) is 22.7 Å². The van der Waals surface area contributed by atoms with Crippen LogP contribution in [0.1, 0.15) is 6.23 Å². The Hall–Kier alpha value is -1.26. The molecule has 1 aromatic rings. The Morgan fingerprint density at radius 1 is 1.65 bits per heavy atom. The average Bonchev–Trinajstić information content (AvgIpc) is 2.81. The highest BCUT2D eigenvalue weighted by Gasteiger charge is 2.87. The number of nitrogens with one attached hydrogen (secondary N) is 1. The van der Waals surface area contributed by atoms with E-state index in [2.05, 4.69) is 4.98 Å². The smallest absolute Gasteiger partial charge is 0.351 e. The van der Waals surface area contributed by atoms with Crippen LogP contribution in [0.15, 0.2) is 17.1 Å². The first-order valence-corrected chi connectivity index (χ1v) is 6.14. The molecule has 1 aliphatic carbocycles. The van der Waals surface area contributed by atoms with Crippen molar-refractivity contribution in [3.63, 3.8) is 0 Å². The molecule has 2 heterocycles. The van der Waals surface area contributed by atoms with E-state index < -0.39 is 41.3 Å². The zero-order valence-corrected chi connectivity index (χ0v) is 10.7. The molecule has 3 rings (SSSR count). The molecule has 0 aromatic carbocycles. The van der Waals surface area contributed by atoms with Gasteiger partial charge >= 0.3 is 5.69 Å². The molecule has 0 amide bonds. The second-order valence-electron chi connectivity index (χ2n) is 4.76. The zero-order chi connectivity index (χ0) is 14.7. The Morgan fingerprint density at radius 3 is 2.85 bits per heavy atom. The molecule has 5 atom stereocenters. The minimum Gasteiger partial charge on any atom is -0.393 e. The lowest BCUT2D eigenvalue weighted by molar-refractivity contribution is -0.0780. The van der Waals surface area contributed by atoms with Gasteiger partial charge < -0.3 is 14.9 Å². The molecular weight excluding hydrogens is 297 g/mol. The van der Waals surface area contributed by atoms with Crippen LogP contribution in [0.4, 0.5) is 10.2 Å². The van der Waals surface area contributed by atoms with Crippen LogP contribution >= 0.6 is 11.6 Å². The van der Waals surface area contributed by atoms with E-state index in [1.165, 1.54) is 6.07 Å².